The van der Waals surface area contributed by atoms with E-state index in [1.807, 2.05) is 20.8 Å². The first-order chi connectivity index (χ1) is 12.0. The first-order valence-electron chi connectivity index (χ1n) is 9.49. The topological polar surface area (TPSA) is 104 Å². The van der Waals surface area contributed by atoms with Crippen LogP contribution in [0.2, 0.25) is 0 Å². The summed E-state index contributed by atoms with van der Waals surface area (Å²) in [5.74, 6) is -1.15. The molecule has 26 heavy (non-hydrogen) atoms. The van der Waals surface area contributed by atoms with Gasteiger partial charge in [-0.2, -0.15) is 0 Å². The molecule has 0 aromatic carbocycles. The Morgan fingerprint density at radius 2 is 1.77 bits per heavy atom. The summed E-state index contributed by atoms with van der Waals surface area (Å²) in [6, 6.07) is 0. The molecule has 0 saturated heterocycles. The number of ether oxygens (including phenoxy) is 1. The second-order valence-corrected chi connectivity index (χ2v) is 9.49. The van der Waals surface area contributed by atoms with Crippen molar-refractivity contribution in [3.8, 4) is 0 Å². The van der Waals surface area contributed by atoms with E-state index in [4.69, 9.17) is 4.74 Å². The minimum atomic E-state index is -1.46. The van der Waals surface area contributed by atoms with Crippen LogP contribution in [0.25, 0.3) is 0 Å². The van der Waals surface area contributed by atoms with Crippen molar-refractivity contribution in [2.45, 2.75) is 77.3 Å². The maximum atomic E-state index is 13.1. The van der Waals surface area contributed by atoms with Crippen LogP contribution in [0.15, 0.2) is 11.1 Å². The summed E-state index contributed by atoms with van der Waals surface area (Å²) in [5, 5.41) is 33.0. The highest BCUT2D eigenvalue weighted by atomic mass is 16.5. The predicted molar refractivity (Wildman–Crippen MR) is 91.9 cm³/mol. The van der Waals surface area contributed by atoms with E-state index in [-0.39, 0.29) is 18.1 Å². The number of carbonyl (C=O) groups is 2. The standard InChI is InChI=1S/C20H28O6/c1-9-15-10(26-17(9)24)7-12-19(4)11(5-6-20(12,25)16(15)23)18(2,3)13(21)8-14(19)22/h10-13,16,21,23,25H,5-8H2,1-4H3/t10-,11-,12+,13+,16+,19+,20+/m1/s1. The molecule has 3 aliphatic carbocycles. The minimum Gasteiger partial charge on any atom is -0.454 e. The number of hydrogen-bond donors (Lipinski definition) is 3. The van der Waals surface area contributed by atoms with E-state index in [2.05, 4.69) is 0 Å². The number of rotatable bonds is 0. The zero-order valence-electron chi connectivity index (χ0n) is 15.8. The van der Waals surface area contributed by atoms with Gasteiger partial charge in [0.15, 0.2) is 0 Å². The van der Waals surface area contributed by atoms with Gasteiger partial charge in [0.1, 0.15) is 18.0 Å². The summed E-state index contributed by atoms with van der Waals surface area (Å²) in [7, 11) is 0. The van der Waals surface area contributed by atoms with E-state index in [0.29, 0.717) is 30.4 Å². The molecule has 6 heteroatoms. The molecule has 3 saturated carbocycles. The van der Waals surface area contributed by atoms with Crippen LogP contribution >= 0.6 is 0 Å². The lowest BCUT2D eigenvalue weighted by atomic mass is 9.42. The summed E-state index contributed by atoms with van der Waals surface area (Å²) in [6.07, 6.45) is -1.25. The van der Waals surface area contributed by atoms with Crippen LogP contribution < -0.4 is 0 Å². The number of aliphatic hydroxyl groups excluding tert-OH is 2. The summed E-state index contributed by atoms with van der Waals surface area (Å²) in [6.45, 7) is 7.43. The Labute approximate surface area is 153 Å². The molecule has 3 fully saturated rings. The third-order valence-electron chi connectivity index (χ3n) is 8.17. The van der Waals surface area contributed by atoms with Crippen LogP contribution in [0, 0.1) is 22.7 Å². The second-order valence-electron chi connectivity index (χ2n) is 9.49. The lowest BCUT2D eigenvalue weighted by molar-refractivity contribution is -0.231. The zero-order chi connectivity index (χ0) is 19.2. The quantitative estimate of drug-likeness (QED) is 0.557. The molecule has 0 aromatic rings. The Morgan fingerprint density at radius 1 is 1.12 bits per heavy atom. The van der Waals surface area contributed by atoms with Crippen LogP contribution in [-0.4, -0.2) is 51.0 Å². The SMILES string of the molecule is CC1=C2[C@@H](C[C@@H]3[C@@](O)(CC[C@@H]4C(C)(C)[C@@H](O)CC(=O)[C@@]43C)[C@H]2O)OC1=O. The number of Topliss-reactive ketones (excluding diaryl/α,β-unsaturated/α-hetero) is 1. The summed E-state index contributed by atoms with van der Waals surface area (Å²) in [5.41, 5.74) is -1.95. The van der Waals surface area contributed by atoms with Gasteiger partial charge in [-0.05, 0) is 37.5 Å². The Bertz CT molecular complexity index is 724. The van der Waals surface area contributed by atoms with Gasteiger partial charge in [0, 0.05) is 28.9 Å². The van der Waals surface area contributed by atoms with Crippen LogP contribution in [-0.2, 0) is 14.3 Å². The van der Waals surface area contributed by atoms with Gasteiger partial charge in [0.25, 0.3) is 0 Å². The van der Waals surface area contributed by atoms with E-state index in [0.717, 1.165) is 0 Å². The van der Waals surface area contributed by atoms with Crippen LogP contribution in [0.5, 0.6) is 0 Å². The Balaban J connectivity index is 1.83. The monoisotopic (exact) mass is 364 g/mol. The Kier molecular flexibility index (Phi) is 3.61. The fourth-order valence-corrected chi connectivity index (χ4v) is 6.49. The van der Waals surface area contributed by atoms with Crippen molar-refractivity contribution >= 4 is 11.8 Å². The molecule has 3 N–H and O–H groups in total. The van der Waals surface area contributed by atoms with Crippen molar-refractivity contribution in [2.24, 2.45) is 22.7 Å². The summed E-state index contributed by atoms with van der Waals surface area (Å²) in [4.78, 5) is 25.1. The molecule has 1 aliphatic heterocycles. The van der Waals surface area contributed by atoms with Gasteiger partial charge in [-0.25, -0.2) is 4.79 Å². The Morgan fingerprint density at radius 3 is 2.42 bits per heavy atom. The fraction of sp³-hybridized carbons (Fsp3) is 0.800. The van der Waals surface area contributed by atoms with Gasteiger partial charge in [-0.1, -0.05) is 20.8 Å². The van der Waals surface area contributed by atoms with Crippen molar-refractivity contribution in [1.82, 2.24) is 0 Å². The lowest BCUT2D eigenvalue weighted by Crippen LogP contribution is -2.70. The molecule has 144 valence electrons. The highest BCUT2D eigenvalue weighted by molar-refractivity contribution is 5.92. The van der Waals surface area contributed by atoms with Gasteiger partial charge in [0.05, 0.1) is 11.7 Å². The number of ketones is 1. The van der Waals surface area contributed by atoms with Crippen molar-refractivity contribution in [3.05, 3.63) is 11.1 Å². The molecule has 1 heterocycles. The summed E-state index contributed by atoms with van der Waals surface area (Å²) >= 11 is 0. The van der Waals surface area contributed by atoms with Crippen LogP contribution in [0.4, 0.5) is 0 Å². The van der Waals surface area contributed by atoms with Gasteiger partial charge in [-0.3, -0.25) is 4.79 Å². The minimum absolute atomic E-state index is 0.0505. The molecule has 6 nitrogen and oxygen atoms in total. The predicted octanol–water partition coefficient (Wildman–Crippen LogP) is 1.12. The molecule has 7 atom stereocenters. The molecule has 4 rings (SSSR count). The zero-order valence-corrected chi connectivity index (χ0v) is 15.8. The van der Waals surface area contributed by atoms with E-state index in [9.17, 15) is 24.9 Å². The average molecular weight is 364 g/mol. The first-order valence-corrected chi connectivity index (χ1v) is 9.49. The normalized spacial score (nSPS) is 50.0. The maximum Gasteiger partial charge on any atom is 0.334 e. The van der Waals surface area contributed by atoms with E-state index in [1.165, 1.54) is 0 Å². The van der Waals surface area contributed by atoms with Gasteiger partial charge < -0.3 is 20.1 Å². The number of hydrogen-bond acceptors (Lipinski definition) is 6. The average Bonchev–Trinajstić information content (AvgIpc) is 2.83. The Hall–Kier alpha value is -1.24. The molecule has 0 bridgehead atoms. The number of esters is 1. The molecule has 0 aromatic heterocycles. The van der Waals surface area contributed by atoms with E-state index >= 15 is 0 Å². The fourth-order valence-electron chi connectivity index (χ4n) is 6.49. The third kappa shape index (κ3) is 1.93. The molecular formula is C20H28O6. The largest absolute Gasteiger partial charge is 0.454 e. The van der Waals surface area contributed by atoms with Crippen LogP contribution in [0.1, 0.15) is 53.4 Å². The van der Waals surface area contributed by atoms with Gasteiger partial charge in [-0.15, -0.1) is 0 Å². The van der Waals surface area contributed by atoms with Crippen LogP contribution in [0.3, 0.4) is 0 Å². The number of fused-ring (bicyclic) bond motifs is 4. The van der Waals surface area contributed by atoms with Gasteiger partial charge >= 0.3 is 5.97 Å². The highest BCUT2D eigenvalue weighted by Crippen LogP contribution is 2.64. The molecular weight excluding hydrogens is 336 g/mol. The molecule has 0 amide bonds. The van der Waals surface area contributed by atoms with Crippen molar-refractivity contribution < 1.29 is 29.6 Å². The van der Waals surface area contributed by atoms with E-state index < -0.39 is 46.6 Å². The molecule has 0 spiro atoms. The third-order valence-corrected chi connectivity index (χ3v) is 8.17. The lowest BCUT2D eigenvalue weighted by Gasteiger charge is -2.64. The number of aliphatic hydroxyl groups is 3. The second kappa shape index (κ2) is 5.18. The van der Waals surface area contributed by atoms with Crippen molar-refractivity contribution in [2.75, 3.05) is 0 Å². The molecule has 0 unspecified atom stereocenters. The van der Waals surface area contributed by atoms with Gasteiger partial charge in [0.2, 0.25) is 0 Å². The smallest absolute Gasteiger partial charge is 0.334 e. The summed E-state index contributed by atoms with van der Waals surface area (Å²) < 4.78 is 5.43. The van der Waals surface area contributed by atoms with Crippen molar-refractivity contribution in [1.29, 1.82) is 0 Å². The molecule has 0 radical (unpaired) electrons. The maximum absolute atomic E-state index is 13.1. The van der Waals surface area contributed by atoms with Crippen molar-refractivity contribution in [3.63, 3.8) is 0 Å². The first kappa shape index (κ1) is 18.1. The highest BCUT2D eigenvalue weighted by Gasteiger charge is 2.69. The number of carbonyl (C=O) groups excluding carboxylic acids is 2. The molecule has 4 aliphatic rings. The van der Waals surface area contributed by atoms with E-state index in [1.54, 1.807) is 6.92 Å².